The Morgan fingerprint density at radius 2 is 1.65 bits per heavy atom. The predicted molar refractivity (Wildman–Crippen MR) is 81.8 cm³/mol. The van der Waals surface area contributed by atoms with E-state index in [1.54, 1.807) is 0 Å². The smallest absolute Gasteiger partial charge is 0.268 e. The van der Waals surface area contributed by atoms with Crippen LogP contribution in [0, 0.1) is 0 Å². The highest BCUT2D eigenvalue weighted by atomic mass is 16.2. The Morgan fingerprint density at radius 1 is 1.05 bits per heavy atom. The van der Waals surface area contributed by atoms with E-state index in [4.69, 9.17) is 0 Å². The van der Waals surface area contributed by atoms with Gasteiger partial charge >= 0.3 is 0 Å². The molecule has 0 saturated heterocycles. The summed E-state index contributed by atoms with van der Waals surface area (Å²) in [7, 11) is 1.87. The lowest BCUT2D eigenvalue weighted by atomic mass is 9.99. The van der Waals surface area contributed by atoms with Crippen molar-refractivity contribution in [2.24, 2.45) is 7.05 Å². The number of hydrogen-bond donors (Lipinski definition) is 1. The molecule has 20 heavy (non-hydrogen) atoms. The zero-order valence-corrected chi connectivity index (χ0v) is 12.6. The summed E-state index contributed by atoms with van der Waals surface area (Å²) in [6.07, 6.45) is 1.87. The number of aryl methyl sites for hydroxylation is 1. The number of nitrogens with zero attached hydrogens (tertiary/aromatic N) is 1. The number of aromatic nitrogens is 1. The minimum atomic E-state index is -0.0436. The van der Waals surface area contributed by atoms with E-state index in [2.05, 4.69) is 43.4 Å². The molecule has 0 aliphatic heterocycles. The number of amides is 1. The molecule has 0 bridgehead atoms. The molecule has 1 unspecified atom stereocenters. The van der Waals surface area contributed by atoms with Crippen molar-refractivity contribution in [1.29, 1.82) is 0 Å². The molecule has 0 fully saturated rings. The van der Waals surface area contributed by atoms with Crippen molar-refractivity contribution in [1.82, 2.24) is 9.88 Å². The maximum absolute atomic E-state index is 12.2. The number of rotatable bonds is 4. The maximum Gasteiger partial charge on any atom is 0.268 e. The zero-order valence-electron chi connectivity index (χ0n) is 12.6. The molecule has 106 valence electrons. The van der Waals surface area contributed by atoms with Crippen LogP contribution in [0.5, 0.6) is 0 Å². The molecule has 3 nitrogen and oxygen atoms in total. The molecule has 1 aromatic heterocycles. The lowest BCUT2D eigenvalue weighted by Crippen LogP contribution is -2.28. The SMILES string of the molecule is CC(C)c1ccc(C(C)NC(=O)c2cccn2C)cc1. The van der Waals surface area contributed by atoms with E-state index in [9.17, 15) is 4.79 Å². The van der Waals surface area contributed by atoms with Crippen LogP contribution in [-0.2, 0) is 7.05 Å². The van der Waals surface area contributed by atoms with Gasteiger partial charge < -0.3 is 9.88 Å². The standard InChI is InChI=1S/C17H22N2O/c1-12(2)14-7-9-15(10-8-14)13(3)18-17(20)16-6-5-11-19(16)4/h5-13H,1-4H3,(H,18,20). The Hall–Kier alpha value is -2.03. The zero-order chi connectivity index (χ0) is 14.7. The summed E-state index contributed by atoms with van der Waals surface area (Å²) in [4.78, 5) is 12.2. The largest absolute Gasteiger partial charge is 0.347 e. The van der Waals surface area contributed by atoms with E-state index in [1.165, 1.54) is 5.56 Å². The van der Waals surface area contributed by atoms with E-state index >= 15 is 0 Å². The molecule has 0 aliphatic carbocycles. The minimum Gasteiger partial charge on any atom is -0.347 e. The van der Waals surface area contributed by atoms with E-state index in [1.807, 2.05) is 36.9 Å². The number of carbonyl (C=O) groups is 1. The molecule has 3 heteroatoms. The third-order valence-corrected chi connectivity index (χ3v) is 3.63. The quantitative estimate of drug-likeness (QED) is 0.904. The molecular weight excluding hydrogens is 248 g/mol. The Morgan fingerprint density at radius 3 is 2.15 bits per heavy atom. The first-order valence-electron chi connectivity index (χ1n) is 7.01. The molecule has 1 N–H and O–H groups in total. The van der Waals surface area contributed by atoms with Gasteiger partial charge in [0.2, 0.25) is 0 Å². The van der Waals surface area contributed by atoms with Crippen LogP contribution in [0.15, 0.2) is 42.6 Å². The van der Waals surface area contributed by atoms with Gasteiger partial charge in [0.1, 0.15) is 5.69 Å². The van der Waals surface area contributed by atoms with Gasteiger partial charge in [-0.15, -0.1) is 0 Å². The predicted octanol–water partition coefficient (Wildman–Crippen LogP) is 3.64. The van der Waals surface area contributed by atoms with Crippen LogP contribution in [0.4, 0.5) is 0 Å². The van der Waals surface area contributed by atoms with Crippen molar-refractivity contribution >= 4 is 5.91 Å². The monoisotopic (exact) mass is 270 g/mol. The summed E-state index contributed by atoms with van der Waals surface area (Å²) in [6, 6.07) is 12.1. The van der Waals surface area contributed by atoms with Gasteiger partial charge in [-0.1, -0.05) is 38.1 Å². The van der Waals surface area contributed by atoms with Gasteiger partial charge in [0.15, 0.2) is 0 Å². The van der Waals surface area contributed by atoms with Gasteiger partial charge in [-0.05, 0) is 36.1 Å². The number of nitrogens with one attached hydrogen (secondary N) is 1. The topological polar surface area (TPSA) is 34.0 Å². The molecule has 0 radical (unpaired) electrons. The summed E-state index contributed by atoms with van der Waals surface area (Å²) < 4.78 is 1.82. The Kier molecular flexibility index (Phi) is 4.28. The fourth-order valence-corrected chi connectivity index (χ4v) is 2.22. The normalized spacial score (nSPS) is 12.4. The van der Waals surface area contributed by atoms with Crippen molar-refractivity contribution in [3.63, 3.8) is 0 Å². The first-order chi connectivity index (χ1) is 9.49. The van der Waals surface area contributed by atoms with E-state index in [0.717, 1.165) is 5.56 Å². The third kappa shape index (κ3) is 3.10. The van der Waals surface area contributed by atoms with Crippen LogP contribution in [0.2, 0.25) is 0 Å². The summed E-state index contributed by atoms with van der Waals surface area (Å²) in [6.45, 7) is 6.36. The second-order valence-electron chi connectivity index (χ2n) is 5.52. The van der Waals surface area contributed by atoms with Gasteiger partial charge in [-0.3, -0.25) is 4.79 Å². The molecule has 0 aliphatic rings. The van der Waals surface area contributed by atoms with Crippen LogP contribution < -0.4 is 5.32 Å². The summed E-state index contributed by atoms with van der Waals surface area (Å²) in [5.41, 5.74) is 3.11. The summed E-state index contributed by atoms with van der Waals surface area (Å²) in [5, 5.41) is 3.03. The molecule has 1 heterocycles. The number of benzene rings is 1. The lowest BCUT2D eigenvalue weighted by molar-refractivity contribution is 0.0931. The van der Waals surface area contributed by atoms with Crippen LogP contribution in [0.1, 0.15) is 54.3 Å². The van der Waals surface area contributed by atoms with Crippen molar-refractivity contribution in [3.05, 3.63) is 59.4 Å². The van der Waals surface area contributed by atoms with Gasteiger partial charge in [0.25, 0.3) is 5.91 Å². The second-order valence-corrected chi connectivity index (χ2v) is 5.52. The highest BCUT2D eigenvalue weighted by Crippen LogP contribution is 2.18. The Balaban J connectivity index is 2.06. The maximum atomic E-state index is 12.2. The number of hydrogen-bond acceptors (Lipinski definition) is 1. The Bertz CT molecular complexity index is 581. The highest BCUT2D eigenvalue weighted by molar-refractivity contribution is 5.92. The first kappa shape index (κ1) is 14.4. The molecule has 2 rings (SSSR count). The molecule has 1 atom stereocenters. The van der Waals surface area contributed by atoms with Crippen molar-refractivity contribution in [2.75, 3.05) is 0 Å². The van der Waals surface area contributed by atoms with Gasteiger partial charge in [0.05, 0.1) is 6.04 Å². The minimum absolute atomic E-state index is 0.00128. The van der Waals surface area contributed by atoms with Gasteiger partial charge in [0, 0.05) is 13.2 Å². The molecular formula is C17H22N2O. The fraction of sp³-hybridized carbons (Fsp3) is 0.353. The van der Waals surface area contributed by atoms with E-state index < -0.39 is 0 Å². The van der Waals surface area contributed by atoms with E-state index in [0.29, 0.717) is 11.6 Å². The molecule has 0 spiro atoms. The van der Waals surface area contributed by atoms with Crippen LogP contribution in [0.25, 0.3) is 0 Å². The average Bonchev–Trinajstić information content (AvgIpc) is 2.85. The first-order valence-corrected chi connectivity index (χ1v) is 7.01. The average molecular weight is 270 g/mol. The van der Waals surface area contributed by atoms with Crippen molar-refractivity contribution in [3.8, 4) is 0 Å². The second kappa shape index (κ2) is 5.95. The van der Waals surface area contributed by atoms with Crippen molar-refractivity contribution < 1.29 is 4.79 Å². The Labute approximate surface area is 120 Å². The molecule has 1 amide bonds. The highest BCUT2D eigenvalue weighted by Gasteiger charge is 2.13. The summed E-state index contributed by atoms with van der Waals surface area (Å²) in [5.74, 6) is 0.482. The van der Waals surface area contributed by atoms with Crippen LogP contribution in [0.3, 0.4) is 0 Å². The molecule has 0 saturated carbocycles. The van der Waals surface area contributed by atoms with E-state index in [-0.39, 0.29) is 11.9 Å². The van der Waals surface area contributed by atoms with Crippen LogP contribution in [-0.4, -0.2) is 10.5 Å². The fourth-order valence-electron chi connectivity index (χ4n) is 2.22. The van der Waals surface area contributed by atoms with Gasteiger partial charge in [-0.2, -0.15) is 0 Å². The lowest BCUT2D eigenvalue weighted by Gasteiger charge is -2.16. The molecule has 2 aromatic rings. The third-order valence-electron chi connectivity index (χ3n) is 3.63. The van der Waals surface area contributed by atoms with Crippen LogP contribution >= 0.6 is 0 Å². The number of carbonyl (C=O) groups excluding carboxylic acids is 1. The van der Waals surface area contributed by atoms with Crippen molar-refractivity contribution in [2.45, 2.75) is 32.7 Å². The molecule has 1 aromatic carbocycles. The summed E-state index contributed by atoms with van der Waals surface area (Å²) >= 11 is 0. The van der Waals surface area contributed by atoms with Gasteiger partial charge in [-0.25, -0.2) is 0 Å².